The fraction of sp³-hybridized carbons (Fsp3) is 0.0526. The number of aromatic nitrogens is 1. The third-order valence-electron chi connectivity index (χ3n) is 3.54. The summed E-state index contributed by atoms with van der Waals surface area (Å²) in [6.45, 7) is 1.47. The predicted molar refractivity (Wildman–Crippen MR) is 106 cm³/mol. The molecular formula is C19H16N4O3S. The Bertz CT molecular complexity index is 979. The van der Waals surface area contributed by atoms with Crippen LogP contribution in [-0.2, 0) is 4.79 Å². The molecule has 2 aromatic carbocycles. The molecule has 0 aliphatic rings. The largest absolute Gasteiger partial charge is 0.478 e. The number of rotatable bonds is 6. The van der Waals surface area contributed by atoms with Crippen molar-refractivity contribution in [3.8, 4) is 11.3 Å². The number of benzene rings is 2. The summed E-state index contributed by atoms with van der Waals surface area (Å²) in [4.78, 5) is 26.3. The Hall–Kier alpha value is -3.52. The van der Waals surface area contributed by atoms with Crippen molar-refractivity contribution in [3.63, 3.8) is 0 Å². The summed E-state index contributed by atoms with van der Waals surface area (Å²) in [6, 6.07) is 13.8. The van der Waals surface area contributed by atoms with Gasteiger partial charge in [-0.25, -0.2) is 9.78 Å². The molecule has 1 aromatic heterocycles. The summed E-state index contributed by atoms with van der Waals surface area (Å²) in [5, 5.41) is 18.3. The lowest BCUT2D eigenvalue weighted by molar-refractivity contribution is -0.114. The van der Waals surface area contributed by atoms with Gasteiger partial charge in [0.05, 0.1) is 17.5 Å². The van der Waals surface area contributed by atoms with Crippen LogP contribution in [0.4, 0.5) is 10.8 Å². The number of anilines is 2. The summed E-state index contributed by atoms with van der Waals surface area (Å²) < 4.78 is 0. The molecule has 0 radical (unpaired) electrons. The minimum absolute atomic E-state index is 0.113. The summed E-state index contributed by atoms with van der Waals surface area (Å²) >= 11 is 1.42. The number of carboxylic acid groups (broad SMARTS) is 1. The lowest BCUT2D eigenvalue weighted by Crippen LogP contribution is -2.05. The van der Waals surface area contributed by atoms with E-state index in [1.807, 2.05) is 29.6 Å². The number of carboxylic acids is 1. The fourth-order valence-corrected chi connectivity index (χ4v) is 2.93. The van der Waals surface area contributed by atoms with Gasteiger partial charge in [-0.3, -0.25) is 10.2 Å². The molecular weight excluding hydrogens is 364 g/mol. The summed E-state index contributed by atoms with van der Waals surface area (Å²) in [7, 11) is 0. The Morgan fingerprint density at radius 1 is 1.11 bits per heavy atom. The fourth-order valence-electron chi connectivity index (χ4n) is 2.26. The van der Waals surface area contributed by atoms with Gasteiger partial charge in [-0.05, 0) is 29.8 Å². The van der Waals surface area contributed by atoms with Crippen molar-refractivity contribution in [1.29, 1.82) is 0 Å². The van der Waals surface area contributed by atoms with Crippen LogP contribution in [-0.4, -0.2) is 28.2 Å². The molecule has 3 N–H and O–H groups in total. The number of thiazole rings is 1. The van der Waals surface area contributed by atoms with Crippen molar-refractivity contribution < 1.29 is 14.7 Å². The Morgan fingerprint density at radius 3 is 2.44 bits per heavy atom. The van der Waals surface area contributed by atoms with Crippen LogP contribution in [0.2, 0.25) is 0 Å². The molecule has 0 bridgehead atoms. The molecule has 1 amide bonds. The highest BCUT2D eigenvalue weighted by Gasteiger charge is 2.05. The first-order chi connectivity index (χ1) is 13.0. The highest BCUT2D eigenvalue weighted by molar-refractivity contribution is 7.14. The zero-order valence-electron chi connectivity index (χ0n) is 14.3. The van der Waals surface area contributed by atoms with Gasteiger partial charge in [-0.15, -0.1) is 11.3 Å². The summed E-state index contributed by atoms with van der Waals surface area (Å²) in [5.41, 5.74) is 6.34. The van der Waals surface area contributed by atoms with Crippen LogP contribution in [0.25, 0.3) is 11.3 Å². The Balaban J connectivity index is 1.62. The van der Waals surface area contributed by atoms with Crippen molar-refractivity contribution >= 4 is 40.2 Å². The molecule has 3 aromatic rings. The van der Waals surface area contributed by atoms with E-state index in [2.05, 4.69) is 20.8 Å². The van der Waals surface area contributed by atoms with E-state index in [0.29, 0.717) is 5.13 Å². The van der Waals surface area contributed by atoms with Crippen molar-refractivity contribution in [2.45, 2.75) is 6.92 Å². The molecule has 27 heavy (non-hydrogen) atoms. The van der Waals surface area contributed by atoms with Crippen LogP contribution in [0.15, 0.2) is 59.0 Å². The lowest BCUT2D eigenvalue weighted by Gasteiger charge is -2.02. The molecule has 0 fully saturated rings. The third-order valence-corrected chi connectivity index (χ3v) is 4.28. The highest BCUT2D eigenvalue weighted by Crippen LogP contribution is 2.26. The van der Waals surface area contributed by atoms with Gasteiger partial charge in [0.2, 0.25) is 11.0 Å². The standard InChI is InChI=1S/C19H16N4O3S/c1-12(24)21-16-8-6-14(7-9-16)17-11-27-19(22-17)23-20-10-13-2-4-15(5-3-13)18(25)26/h2-11H,1H3,(H,21,24)(H,22,23)(H,25,26)/b20-10-. The van der Waals surface area contributed by atoms with E-state index in [1.165, 1.54) is 30.4 Å². The van der Waals surface area contributed by atoms with Gasteiger partial charge < -0.3 is 10.4 Å². The molecule has 8 heteroatoms. The second-order valence-corrected chi connectivity index (χ2v) is 6.45. The van der Waals surface area contributed by atoms with Crippen LogP contribution < -0.4 is 10.7 Å². The maximum Gasteiger partial charge on any atom is 0.335 e. The number of nitrogens with one attached hydrogen (secondary N) is 2. The Kier molecular flexibility index (Phi) is 5.58. The molecule has 0 spiro atoms. The number of nitrogens with zero attached hydrogens (tertiary/aromatic N) is 2. The quantitative estimate of drug-likeness (QED) is 0.444. The number of hydrazone groups is 1. The third kappa shape index (κ3) is 4.99. The number of carbonyl (C=O) groups is 2. The zero-order chi connectivity index (χ0) is 19.2. The smallest absolute Gasteiger partial charge is 0.335 e. The van der Waals surface area contributed by atoms with Crippen LogP contribution in [0.3, 0.4) is 0 Å². The molecule has 136 valence electrons. The molecule has 1 heterocycles. The van der Waals surface area contributed by atoms with E-state index in [-0.39, 0.29) is 11.5 Å². The van der Waals surface area contributed by atoms with Crippen molar-refractivity contribution in [3.05, 3.63) is 65.0 Å². The molecule has 0 saturated heterocycles. The zero-order valence-corrected chi connectivity index (χ0v) is 15.2. The summed E-state index contributed by atoms with van der Waals surface area (Å²) in [5.74, 6) is -1.07. The van der Waals surface area contributed by atoms with Crippen molar-refractivity contribution in [1.82, 2.24) is 4.98 Å². The molecule has 0 saturated carbocycles. The Labute approximate surface area is 159 Å². The SMILES string of the molecule is CC(=O)Nc1ccc(-c2csc(N/N=C\c3ccc(C(=O)O)cc3)n2)cc1. The van der Waals surface area contributed by atoms with Crippen molar-refractivity contribution in [2.75, 3.05) is 10.7 Å². The van der Waals surface area contributed by atoms with E-state index in [4.69, 9.17) is 5.11 Å². The van der Waals surface area contributed by atoms with Crippen LogP contribution in [0, 0.1) is 0 Å². The highest BCUT2D eigenvalue weighted by atomic mass is 32.1. The van der Waals surface area contributed by atoms with Crippen molar-refractivity contribution in [2.24, 2.45) is 5.10 Å². The van der Waals surface area contributed by atoms with E-state index in [0.717, 1.165) is 22.5 Å². The van der Waals surface area contributed by atoms with E-state index in [1.54, 1.807) is 18.3 Å². The minimum Gasteiger partial charge on any atom is -0.478 e. The number of hydrogen-bond donors (Lipinski definition) is 3. The van der Waals surface area contributed by atoms with E-state index >= 15 is 0 Å². The summed E-state index contributed by atoms with van der Waals surface area (Å²) in [6.07, 6.45) is 1.59. The van der Waals surface area contributed by atoms with Crippen LogP contribution in [0.1, 0.15) is 22.8 Å². The predicted octanol–water partition coefficient (Wildman–Crippen LogP) is 3.91. The molecule has 0 aliphatic heterocycles. The molecule has 3 rings (SSSR count). The number of hydrogen-bond acceptors (Lipinski definition) is 6. The van der Waals surface area contributed by atoms with E-state index < -0.39 is 5.97 Å². The van der Waals surface area contributed by atoms with Gasteiger partial charge >= 0.3 is 5.97 Å². The second kappa shape index (κ2) is 8.24. The number of amides is 1. The average Bonchev–Trinajstić information content (AvgIpc) is 3.11. The first kappa shape index (κ1) is 18.3. The van der Waals surface area contributed by atoms with E-state index in [9.17, 15) is 9.59 Å². The van der Waals surface area contributed by atoms with Crippen LogP contribution in [0.5, 0.6) is 0 Å². The second-order valence-electron chi connectivity index (χ2n) is 5.59. The van der Waals surface area contributed by atoms with Gasteiger partial charge in [-0.1, -0.05) is 24.3 Å². The Morgan fingerprint density at radius 2 is 1.81 bits per heavy atom. The number of carbonyl (C=O) groups excluding carboxylic acids is 1. The normalized spacial score (nSPS) is 10.7. The molecule has 0 aliphatic carbocycles. The van der Waals surface area contributed by atoms with Gasteiger partial charge in [-0.2, -0.15) is 5.10 Å². The maximum absolute atomic E-state index is 11.1. The minimum atomic E-state index is -0.961. The van der Waals surface area contributed by atoms with Gasteiger partial charge in [0.1, 0.15) is 0 Å². The lowest BCUT2D eigenvalue weighted by atomic mass is 10.1. The molecule has 0 atom stereocenters. The van der Waals surface area contributed by atoms with Gasteiger partial charge in [0.15, 0.2) is 0 Å². The van der Waals surface area contributed by atoms with Gasteiger partial charge in [0.25, 0.3) is 0 Å². The number of aromatic carboxylic acids is 1. The molecule has 0 unspecified atom stereocenters. The van der Waals surface area contributed by atoms with Crippen LogP contribution >= 0.6 is 11.3 Å². The first-order valence-electron chi connectivity index (χ1n) is 7.97. The first-order valence-corrected chi connectivity index (χ1v) is 8.85. The van der Waals surface area contributed by atoms with Gasteiger partial charge in [0, 0.05) is 23.6 Å². The topological polar surface area (TPSA) is 104 Å². The maximum atomic E-state index is 11.1. The molecule has 7 nitrogen and oxygen atoms in total. The monoisotopic (exact) mass is 380 g/mol. The average molecular weight is 380 g/mol.